The number of hydrogen-bond donors (Lipinski definition) is 2. The molecule has 3 aromatic rings. The quantitative estimate of drug-likeness (QED) is 0.483. The minimum atomic E-state index is -2.53. The van der Waals surface area contributed by atoms with E-state index in [4.69, 9.17) is 4.74 Å². The number of thioether (sulfide) groups is 1. The molecule has 1 heterocycles. The van der Waals surface area contributed by atoms with Gasteiger partial charge in [-0.05, 0) is 30.3 Å². The van der Waals surface area contributed by atoms with Gasteiger partial charge in [0.05, 0.1) is 5.39 Å². The van der Waals surface area contributed by atoms with E-state index in [0.29, 0.717) is 27.7 Å². The van der Waals surface area contributed by atoms with Gasteiger partial charge in [0.15, 0.2) is 12.3 Å². The van der Waals surface area contributed by atoms with Crippen LogP contribution in [0.4, 0.5) is 14.5 Å². The summed E-state index contributed by atoms with van der Waals surface area (Å²) >= 11 is 0.392. The Labute approximate surface area is 161 Å². The van der Waals surface area contributed by atoms with Crippen molar-refractivity contribution in [3.8, 4) is 0 Å². The lowest BCUT2D eigenvalue weighted by atomic mass is 10.1. The third-order valence-corrected chi connectivity index (χ3v) is 4.31. The summed E-state index contributed by atoms with van der Waals surface area (Å²) in [6.45, 7) is -0.582. The monoisotopic (exact) mass is 405 g/mol. The molecule has 0 aliphatic rings. The zero-order chi connectivity index (χ0) is 20.1. The number of amides is 1. The Bertz CT molecular complexity index is 1070. The third-order valence-electron chi connectivity index (χ3n) is 3.59. The fourth-order valence-electron chi connectivity index (χ4n) is 2.39. The van der Waals surface area contributed by atoms with Crippen LogP contribution in [-0.4, -0.2) is 34.4 Å². The van der Waals surface area contributed by atoms with Crippen molar-refractivity contribution in [2.75, 3.05) is 11.9 Å². The molecule has 144 valence electrons. The Balaban J connectivity index is 1.61. The van der Waals surface area contributed by atoms with Gasteiger partial charge in [-0.2, -0.15) is 13.9 Å². The van der Waals surface area contributed by atoms with Crippen molar-refractivity contribution in [2.45, 2.75) is 10.7 Å². The fourth-order valence-corrected chi connectivity index (χ4v) is 2.89. The van der Waals surface area contributed by atoms with Crippen LogP contribution in [0.5, 0.6) is 0 Å². The Morgan fingerprint density at radius 2 is 1.79 bits per heavy atom. The highest BCUT2D eigenvalue weighted by atomic mass is 32.2. The van der Waals surface area contributed by atoms with Crippen molar-refractivity contribution in [3.05, 3.63) is 64.6 Å². The van der Waals surface area contributed by atoms with Gasteiger partial charge in [-0.3, -0.25) is 9.59 Å². The first-order valence-corrected chi connectivity index (χ1v) is 8.81. The van der Waals surface area contributed by atoms with Gasteiger partial charge in [0, 0.05) is 16.0 Å². The number of aromatic nitrogens is 2. The van der Waals surface area contributed by atoms with Gasteiger partial charge in [-0.1, -0.05) is 30.0 Å². The molecule has 0 saturated carbocycles. The average molecular weight is 405 g/mol. The van der Waals surface area contributed by atoms with Gasteiger partial charge in [-0.25, -0.2) is 9.89 Å². The number of anilines is 1. The van der Waals surface area contributed by atoms with E-state index in [0.717, 1.165) is 0 Å². The maximum absolute atomic E-state index is 12.3. The molecule has 2 aromatic carbocycles. The first-order chi connectivity index (χ1) is 13.4. The van der Waals surface area contributed by atoms with Crippen molar-refractivity contribution in [2.24, 2.45) is 0 Å². The SMILES string of the molecule is O=C(COC(=O)c1n[nH]c(=O)c2ccccc12)Nc1ccc(SC(F)F)cc1. The van der Waals surface area contributed by atoms with E-state index in [1.165, 1.54) is 30.3 Å². The molecule has 0 atom stereocenters. The summed E-state index contributed by atoms with van der Waals surface area (Å²) in [5.74, 6) is -4.01. The molecule has 10 heteroatoms. The first-order valence-electron chi connectivity index (χ1n) is 7.93. The highest BCUT2D eigenvalue weighted by Crippen LogP contribution is 2.26. The number of ether oxygens (including phenoxy) is 1. The molecule has 2 N–H and O–H groups in total. The van der Waals surface area contributed by atoms with Crippen molar-refractivity contribution >= 4 is 40.1 Å². The van der Waals surface area contributed by atoms with E-state index in [2.05, 4.69) is 15.5 Å². The molecule has 0 aliphatic heterocycles. The number of benzene rings is 2. The second-order valence-corrected chi connectivity index (χ2v) is 6.54. The lowest BCUT2D eigenvalue weighted by Gasteiger charge is -2.08. The van der Waals surface area contributed by atoms with Crippen molar-refractivity contribution < 1.29 is 23.1 Å². The number of carbonyl (C=O) groups is 2. The second-order valence-electron chi connectivity index (χ2n) is 5.47. The molecule has 0 radical (unpaired) electrons. The van der Waals surface area contributed by atoms with Gasteiger partial charge in [0.1, 0.15) is 0 Å². The number of rotatable bonds is 6. The summed E-state index contributed by atoms with van der Waals surface area (Å²) in [6, 6.07) is 12.2. The van der Waals surface area contributed by atoms with E-state index in [9.17, 15) is 23.2 Å². The number of alkyl halides is 2. The maximum atomic E-state index is 12.3. The van der Waals surface area contributed by atoms with Crippen LogP contribution >= 0.6 is 11.8 Å². The Morgan fingerprint density at radius 1 is 1.11 bits per heavy atom. The second kappa shape index (κ2) is 8.61. The number of H-pyrrole nitrogens is 1. The largest absolute Gasteiger partial charge is 0.451 e. The topological polar surface area (TPSA) is 101 Å². The summed E-state index contributed by atoms with van der Waals surface area (Å²) < 4.78 is 29.5. The molecule has 7 nitrogen and oxygen atoms in total. The highest BCUT2D eigenvalue weighted by molar-refractivity contribution is 7.99. The van der Waals surface area contributed by atoms with E-state index in [-0.39, 0.29) is 11.1 Å². The highest BCUT2D eigenvalue weighted by Gasteiger charge is 2.17. The lowest BCUT2D eigenvalue weighted by molar-refractivity contribution is -0.119. The van der Waals surface area contributed by atoms with Crippen LogP contribution in [-0.2, 0) is 9.53 Å². The standard InChI is InChI=1S/C18H13F2N3O4S/c19-18(20)28-11-7-5-10(6-8-11)21-14(24)9-27-17(26)15-12-3-1-2-4-13(12)16(25)23-22-15/h1-8,18H,9H2,(H,21,24)(H,23,25). The van der Waals surface area contributed by atoms with Crippen molar-refractivity contribution in [3.63, 3.8) is 0 Å². The number of hydrogen-bond acceptors (Lipinski definition) is 6. The number of nitrogens with zero attached hydrogens (tertiary/aromatic N) is 1. The van der Waals surface area contributed by atoms with Crippen molar-refractivity contribution in [1.82, 2.24) is 10.2 Å². The van der Waals surface area contributed by atoms with Gasteiger partial charge in [-0.15, -0.1) is 0 Å². The molecule has 0 aliphatic carbocycles. The number of nitrogens with one attached hydrogen (secondary N) is 2. The molecule has 0 unspecified atom stereocenters. The van der Waals surface area contributed by atoms with Crippen LogP contribution in [0.1, 0.15) is 10.5 Å². The number of halogens is 2. The van der Waals surface area contributed by atoms with Crippen LogP contribution in [0.25, 0.3) is 10.8 Å². The number of aromatic amines is 1. The summed E-state index contributed by atoms with van der Waals surface area (Å²) in [5, 5.41) is 8.97. The maximum Gasteiger partial charge on any atom is 0.359 e. The van der Waals surface area contributed by atoms with Gasteiger partial charge < -0.3 is 10.1 Å². The Kier molecular flexibility index (Phi) is 5.99. The molecule has 3 rings (SSSR count). The average Bonchev–Trinajstić information content (AvgIpc) is 2.68. The minimum absolute atomic E-state index is 0.114. The summed E-state index contributed by atoms with van der Waals surface area (Å²) in [6.07, 6.45) is 0. The molecule has 0 fully saturated rings. The van der Waals surface area contributed by atoms with Crippen LogP contribution in [0.3, 0.4) is 0 Å². The minimum Gasteiger partial charge on any atom is -0.451 e. The number of carbonyl (C=O) groups excluding carboxylic acids is 2. The van der Waals surface area contributed by atoms with Gasteiger partial charge >= 0.3 is 5.97 Å². The third kappa shape index (κ3) is 4.71. The van der Waals surface area contributed by atoms with E-state index >= 15 is 0 Å². The molecular weight excluding hydrogens is 392 g/mol. The summed E-state index contributed by atoms with van der Waals surface area (Å²) in [7, 11) is 0. The number of fused-ring (bicyclic) bond motifs is 1. The van der Waals surface area contributed by atoms with Gasteiger partial charge in [0.2, 0.25) is 0 Å². The van der Waals surface area contributed by atoms with Crippen LogP contribution in [0.15, 0.2) is 58.2 Å². The molecule has 0 saturated heterocycles. The van der Waals surface area contributed by atoms with Gasteiger partial charge in [0.25, 0.3) is 17.2 Å². The molecule has 1 aromatic heterocycles. The normalized spacial score (nSPS) is 10.8. The smallest absolute Gasteiger partial charge is 0.359 e. The van der Waals surface area contributed by atoms with E-state index in [1.54, 1.807) is 18.2 Å². The predicted molar refractivity (Wildman–Crippen MR) is 99.6 cm³/mol. The first kappa shape index (κ1) is 19.5. The van der Waals surface area contributed by atoms with Crippen LogP contribution < -0.4 is 10.9 Å². The molecule has 0 bridgehead atoms. The fraction of sp³-hybridized carbons (Fsp3) is 0.111. The zero-order valence-corrected chi connectivity index (χ0v) is 15.0. The lowest BCUT2D eigenvalue weighted by Crippen LogP contribution is -2.22. The molecule has 1 amide bonds. The molecular formula is C18H13F2N3O4S. The molecule has 28 heavy (non-hydrogen) atoms. The van der Waals surface area contributed by atoms with Crippen LogP contribution in [0, 0.1) is 0 Å². The van der Waals surface area contributed by atoms with Crippen molar-refractivity contribution in [1.29, 1.82) is 0 Å². The molecule has 0 spiro atoms. The van der Waals surface area contributed by atoms with E-state index in [1.807, 2.05) is 0 Å². The summed E-state index contributed by atoms with van der Waals surface area (Å²) in [4.78, 5) is 36.2. The number of esters is 1. The predicted octanol–water partition coefficient (Wildman–Crippen LogP) is 3.03. The van der Waals surface area contributed by atoms with E-state index < -0.39 is 29.8 Å². The Hall–Kier alpha value is -3.27. The zero-order valence-electron chi connectivity index (χ0n) is 14.1. The summed E-state index contributed by atoms with van der Waals surface area (Å²) in [5.41, 5.74) is -0.193. The van der Waals surface area contributed by atoms with Crippen LogP contribution in [0.2, 0.25) is 0 Å². The Morgan fingerprint density at radius 3 is 2.46 bits per heavy atom.